The third-order valence-electron chi connectivity index (χ3n) is 3.54. The van der Waals surface area contributed by atoms with E-state index in [4.69, 9.17) is 4.74 Å². The van der Waals surface area contributed by atoms with Gasteiger partial charge >= 0.3 is 5.97 Å². The number of hydrogen-bond acceptors (Lipinski definition) is 2. The van der Waals surface area contributed by atoms with Crippen molar-refractivity contribution in [2.45, 2.75) is 91.9 Å². The molecule has 2 nitrogen and oxygen atoms in total. The van der Waals surface area contributed by atoms with Crippen LogP contribution in [0.2, 0.25) is 0 Å². The zero-order chi connectivity index (χ0) is 16.0. The second kappa shape index (κ2) is 12.9. The quantitative estimate of drug-likeness (QED) is 0.249. The van der Waals surface area contributed by atoms with Crippen molar-refractivity contribution in [3.05, 3.63) is 12.2 Å². The van der Waals surface area contributed by atoms with E-state index in [0.29, 0.717) is 18.4 Å². The first kappa shape index (κ1) is 20.2. The number of allylic oxidation sites excluding steroid dienone is 1. The fraction of sp³-hybridized carbons (Fsp3) is 0.842. The van der Waals surface area contributed by atoms with Gasteiger partial charge in [-0.25, -0.2) is 0 Å². The van der Waals surface area contributed by atoms with Crippen molar-refractivity contribution in [1.29, 1.82) is 0 Å². The molecule has 0 aliphatic heterocycles. The summed E-state index contributed by atoms with van der Waals surface area (Å²) in [5.74, 6) is -0.0511. The van der Waals surface area contributed by atoms with E-state index in [1.54, 1.807) is 0 Å². The predicted octanol–water partition coefficient (Wildman–Crippen LogP) is 6.05. The lowest BCUT2D eigenvalue weighted by Gasteiger charge is -2.17. The van der Waals surface area contributed by atoms with E-state index >= 15 is 0 Å². The number of ether oxygens (including phenoxy) is 1. The minimum atomic E-state index is -0.0511. The average Bonchev–Trinajstić information content (AvgIpc) is 2.40. The van der Waals surface area contributed by atoms with Gasteiger partial charge in [0.05, 0.1) is 0 Å². The molecule has 0 aliphatic carbocycles. The van der Waals surface area contributed by atoms with Gasteiger partial charge in [0, 0.05) is 6.42 Å². The van der Waals surface area contributed by atoms with Gasteiger partial charge in [-0.05, 0) is 24.7 Å². The molecule has 2 heteroatoms. The van der Waals surface area contributed by atoms with E-state index in [1.807, 2.05) is 6.08 Å². The molecule has 0 aliphatic rings. The van der Waals surface area contributed by atoms with E-state index in [1.165, 1.54) is 38.5 Å². The summed E-state index contributed by atoms with van der Waals surface area (Å²) < 4.78 is 5.17. The second-order valence-corrected chi connectivity index (χ2v) is 7.13. The van der Waals surface area contributed by atoms with Gasteiger partial charge in [0.25, 0.3) is 0 Å². The highest BCUT2D eigenvalue weighted by Gasteiger charge is 2.08. The van der Waals surface area contributed by atoms with Gasteiger partial charge in [-0.1, -0.05) is 78.4 Å². The zero-order valence-corrected chi connectivity index (χ0v) is 14.7. The van der Waals surface area contributed by atoms with E-state index in [9.17, 15) is 4.79 Å². The highest BCUT2D eigenvalue weighted by atomic mass is 16.5. The van der Waals surface area contributed by atoms with Crippen molar-refractivity contribution in [3.8, 4) is 0 Å². The minimum absolute atomic E-state index is 0.0511. The van der Waals surface area contributed by atoms with Crippen LogP contribution in [0, 0.1) is 5.41 Å². The maximum atomic E-state index is 11.5. The monoisotopic (exact) mass is 296 g/mol. The lowest BCUT2D eigenvalue weighted by molar-refractivity contribution is -0.142. The Morgan fingerprint density at radius 3 is 2.29 bits per heavy atom. The summed E-state index contributed by atoms with van der Waals surface area (Å²) in [6.07, 6.45) is 15.4. The van der Waals surface area contributed by atoms with Crippen molar-refractivity contribution in [1.82, 2.24) is 0 Å². The molecule has 0 heterocycles. The normalized spacial score (nSPS) is 12.0. The Kier molecular flexibility index (Phi) is 12.4. The fourth-order valence-electron chi connectivity index (χ4n) is 2.18. The van der Waals surface area contributed by atoms with Gasteiger partial charge in [0.2, 0.25) is 0 Å². The predicted molar refractivity (Wildman–Crippen MR) is 91.4 cm³/mol. The van der Waals surface area contributed by atoms with E-state index in [0.717, 1.165) is 19.3 Å². The maximum Gasteiger partial charge on any atom is 0.306 e. The topological polar surface area (TPSA) is 26.3 Å². The molecule has 0 radical (unpaired) electrons. The molecule has 0 saturated carbocycles. The highest BCUT2D eigenvalue weighted by molar-refractivity contribution is 5.69. The van der Waals surface area contributed by atoms with Crippen LogP contribution in [0.25, 0.3) is 0 Å². The minimum Gasteiger partial charge on any atom is -0.461 e. The Morgan fingerprint density at radius 1 is 0.952 bits per heavy atom. The number of carbonyl (C=O) groups is 1. The molecule has 0 aromatic rings. The molecule has 0 aromatic carbocycles. The van der Waals surface area contributed by atoms with Crippen molar-refractivity contribution < 1.29 is 9.53 Å². The van der Waals surface area contributed by atoms with E-state index in [-0.39, 0.29) is 5.97 Å². The third-order valence-corrected chi connectivity index (χ3v) is 3.54. The SMILES string of the molecule is CCCC/C=C\COC(=O)CCCCCCCC(C)(C)C. The van der Waals surface area contributed by atoms with Crippen LogP contribution in [0.1, 0.15) is 91.9 Å². The first-order chi connectivity index (χ1) is 9.95. The molecule has 124 valence electrons. The number of carbonyl (C=O) groups excluding carboxylic acids is 1. The summed E-state index contributed by atoms with van der Waals surface area (Å²) in [6.45, 7) is 9.49. The Hall–Kier alpha value is -0.790. The van der Waals surface area contributed by atoms with Gasteiger partial charge in [0.1, 0.15) is 6.61 Å². The van der Waals surface area contributed by atoms with Crippen LogP contribution in [0.15, 0.2) is 12.2 Å². The largest absolute Gasteiger partial charge is 0.461 e. The van der Waals surface area contributed by atoms with E-state index < -0.39 is 0 Å². The fourth-order valence-corrected chi connectivity index (χ4v) is 2.18. The van der Waals surface area contributed by atoms with Crippen LogP contribution in [-0.2, 0) is 9.53 Å². The summed E-state index contributed by atoms with van der Waals surface area (Å²) >= 11 is 0. The first-order valence-corrected chi connectivity index (χ1v) is 8.76. The van der Waals surface area contributed by atoms with Crippen molar-refractivity contribution in [3.63, 3.8) is 0 Å². The molecule has 0 spiro atoms. The summed E-state index contributed by atoms with van der Waals surface area (Å²) in [5, 5.41) is 0. The number of rotatable bonds is 12. The second-order valence-electron chi connectivity index (χ2n) is 7.13. The van der Waals surface area contributed by atoms with Gasteiger partial charge in [-0.3, -0.25) is 4.79 Å². The van der Waals surface area contributed by atoms with Crippen LogP contribution < -0.4 is 0 Å². The molecular formula is C19H36O2. The van der Waals surface area contributed by atoms with Crippen molar-refractivity contribution in [2.75, 3.05) is 6.61 Å². The van der Waals surface area contributed by atoms with Crippen LogP contribution in [0.4, 0.5) is 0 Å². The summed E-state index contributed by atoms with van der Waals surface area (Å²) in [4.78, 5) is 11.5. The van der Waals surface area contributed by atoms with Gasteiger partial charge in [-0.15, -0.1) is 0 Å². The number of unbranched alkanes of at least 4 members (excludes halogenated alkanes) is 6. The molecule has 21 heavy (non-hydrogen) atoms. The zero-order valence-electron chi connectivity index (χ0n) is 14.7. The lowest BCUT2D eigenvalue weighted by Crippen LogP contribution is -2.04. The molecule has 0 rings (SSSR count). The summed E-state index contributed by atoms with van der Waals surface area (Å²) in [6, 6.07) is 0. The molecule has 0 aromatic heterocycles. The van der Waals surface area contributed by atoms with Crippen LogP contribution in [-0.4, -0.2) is 12.6 Å². The molecular weight excluding hydrogens is 260 g/mol. The van der Waals surface area contributed by atoms with Crippen LogP contribution in [0.5, 0.6) is 0 Å². The number of hydrogen-bond donors (Lipinski definition) is 0. The Bertz CT molecular complexity index is 274. The van der Waals surface area contributed by atoms with Gasteiger partial charge in [-0.2, -0.15) is 0 Å². The Morgan fingerprint density at radius 2 is 1.62 bits per heavy atom. The lowest BCUT2D eigenvalue weighted by atomic mass is 9.89. The molecule has 0 bridgehead atoms. The molecule has 0 N–H and O–H groups in total. The van der Waals surface area contributed by atoms with Crippen molar-refractivity contribution in [2.24, 2.45) is 5.41 Å². The van der Waals surface area contributed by atoms with Crippen LogP contribution >= 0.6 is 0 Å². The third kappa shape index (κ3) is 17.2. The molecule has 0 saturated heterocycles. The number of esters is 1. The molecule has 0 atom stereocenters. The maximum absolute atomic E-state index is 11.5. The molecule has 0 fully saturated rings. The smallest absolute Gasteiger partial charge is 0.306 e. The first-order valence-electron chi connectivity index (χ1n) is 8.76. The molecule has 0 amide bonds. The summed E-state index contributed by atoms with van der Waals surface area (Å²) in [5.41, 5.74) is 0.453. The Balaban J connectivity index is 3.32. The standard InChI is InChI=1S/C19H36O2/c1-5-6-7-11-14-17-21-18(20)15-12-9-8-10-13-16-19(2,3)4/h11,14H,5-10,12-13,15-17H2,1-4H3/b14-11-. The van der Waals surface area contributed by atoms with E-state index in [2.05, 4.69) is 33.8 Å². The van der Waals surface area contributed by atoms with Gasteiger partial charge < -0.3 is 4.74 Å². The Labute approximate surface area is 132 Å². The average molecular weight is 296 g/mol. The summed E-state index contributed by atoms with van der Waals surface area (Å²) in [7, 11) is 0. The highest BCUT2D eigenvalue weighted by Crippen LogP contribution is 2.22. The van der Waals surface area contributed by atoms with Crippen LogP contribution in [0.3, 0.4) is 0 Å². The van der Waals surface area contributed by atoms with Crippen molar-refractivity contribution >= 4 is 5.97 Å². The van der Waals surface area contributed by atoms with Gasteiger partial charge in [0.15, 0.2) is 0 Å². The molecule has 0 unspecified atom stereocenters.